The molecule has 3 fully saturated rings. The van der Waals surface area contributed by atoms with Crippen LogP contribution in [0.25, 0.3) is 0 Å². The van der Waals surface area contributed by atoms with Crippen molar-refractivity contribution >= 4 is 5.91 Å². The lowest BCUT2D eigenvalue weighted by molar-refractivity contribution is 0.0952. The highest BCUT2D eigenvalue weighted by molar-refractivity contribution is 5.94. The number of carbonyl (C=O) groups is 1. The SMILES string of the molecule is O=C(NCC1CC1)c1ccc(OCCCN2CC3CCCC3C2)cc1. The predicted molar refractivity (Wildman–Crippen MR) is 98.9 cm³/mol. The van der Waals surface area contributed by atoms with Gasteiger partial charge < -0.3 is 15.0 Å². The van der Waals surface area contributed by atoms with E-state index in [0.29, 0.717) is 5.92 Å². The fourth-order valence-corrected chi connectivity index (χ4v) is 4.36. The van der Waals surface area contributed by atoms with Crippen molar-refractivity contribution in [1.82, 2.24) is 10.2 Å². The lowest BCUT2D eigenvalue weighted by Gasteiger charge is -2.16. The summed E-state index contributed by atoms with van der Waals surface area (Å²) in [5, 5.41) is 3.00. The van der Waals surface area contributed by atoms with Crippen LogP contribution in [0, 0.1) is 17.8 Å². The van der Waals surface area contributed by atoms with Crippen LogP contribution in [0.1, 0.15) is 48.9 Å². The quantitative estimate of drug-likeness (QED) is 0.737. The van der Waals surface area contributed by atoms with Gasteiger partial charge in [-0.15, -0.1) is 0 Å². The van der Waals surface area contributed by atoms with Crippen LogP contribution in [0.2, 0.25) is 0 Å². The molecule has 1 saturated heterocycles. The highest BCUT2D eigenvalue weighted by Crippen LogP contribution is 2.37. The van der Waals surface area contributed by atoms with Gasteiger partial charge in [-0.1, -0.05) is 6.42 Å². The molecule has 1 aromatic carbocycles. The summed E-state index contributed by atoms with van der Waals surface area (Å²) in [6, 6.07) is 7.54. The monoisotopic (exact) mass is 342 g/mol. The minimum Gasteiger partial charge on any atom is -0.494 e. The van der Waals surface area contributed by atoms with E-state index >= 15 is 0 Å². The average molecular weight is 342 g/mol. The second kappa shape index (κ2) is 7.77. The molecule has 1 amide bonds. The van der Waals surface area contributed by atoms with Crippen LogP contribution in [0.4, 0.5) is 0 Å². The molecular weight excluding hydrogens is 312 g/mol. The van der Waals surface area contributed by atoms with Gasteiger partial charge in [-0.05, 0) is 74.1 Å². The number of hydrogen-bond acceptors (Lipinski definition) is 3. The molecule has 2 saturated carbocycles. The smallest absolute Gasteiger partial charge is 0.251 e. The third-order valence-electron chi connectivity index (χ3n) is 6.05. The average Bonchev–Trinajstić information content (AvgIpc) is 3.23. The highest BCUT2D eigenvalue weighted by atomic mass is 16.5. The molecule has 3 aliphatic rings. The maximum absolute atomic E-state index is 12.0. The maximum Gasteiger partial charge on any atom is 0.251 e. The van der Waals surface area contributed by atoms with Gasteiger partial charge in [0.2, 0.25) is 0 Å². The zero-order valence-electron chi connectivity index (χ0n) is 15.1. The molecule has 4 heteroatoms. The number of carbonyl (C=O) groups excluding carboxylic acids is 1. The number of nitrogens with one attached hydrogen (secondary N) is 1. The van der Waals surface area contributed by atoms with Crippen LogP contribution in [0.5, 0.6) is 5.75 Å². The van der Waals surface area contributed by atoms with Crippen molar-refractivity contribution in [3.8, 4) is 5.75 Å². The van der Waals surface area contributed by atoms with E-state index in [1.54, 1.807) is 0 Å². The summed E-state index contributed by atoms with van der Waals surface area (Å²) in [5.74, 6) is 3.54. The summed E-state index contributed by atoms with van der Waals surface area (Å²) in [7, 11) is 0. The number of rotatable bonds is 8. The van der Waals surface area contributed by atoms with Crippen LogP contribution < -0.4 is 10.1 Å². The van der Waals surface area contributed by atoms with Crippen molar-refractivity contribution in [2.45, 2.75) is 38.5 Å². The number of hydrogen-bond donors (Lipinski definition) is 1. The first kappa shape index (κ1) is 16.9. The predicted octanol–water partition coefficient (Wildman–Crippen LogP) is 3.33. The Balaban J connectivity index is 1.14. The second-order valence-electron chi connectivity index (χ2n) is 8.09. The molecule has 0 aromatic heterocycles. The number of ether oxygens (including phenoxy) is 1. The summed E-state index contributed by atoms with van der Waals surface area (Å²) >= 11 is 0. The maximum atomic E-state index is 12.0. The Morgan fingerprint density at radius 3 is 2.48 bits per heavy atom. The summed E-state index contributed by atoms with van der Waals surface area (Å²) in [5.41, 5.74) is 0.719. The molecule has 136 valence electrons. The molecule has 1 N–H and O–H groups in total. The Kier molecular flexibility index (Phi) is 5.25. The number of amides is 1. The van der Waals surface area contributed by atoms with Gasteiger partial charge in [0.05, 0.1) is 6.61 Å². The number of fused-ring (bicyclic) bond motifs is 1. The first-order valence-corrected chi connectivity index (χ1v) is 10.0. The Labute approximate surface area is 150 Å². The van der Waals surface area contributed by atoms with Crippen molar-refractivity contribution in [2.75, 3.05) is 32.8 Å². The van der Waals surface area contributed by atoms with Crippen molar-refractivity contribution < 1.29 is 9.53 Å². The molecule has 1 aromatic rings. The van der Waals surface area contributed by atoms with Crippen molar-refractivity contribution in [3.05, 3.63) is 29.8 Å². The number of benzene rings is 1. The lowest BCUT2D eigenvalue weighted by atomic mass is 10.0. The van der Waals surface area contributed by atoms with Crippen LogP contribution >= 0.6 is 0 Å². The molecule has 1 heterocycles. The van der Waals surface area contributed by atoms with Gasteiger partial charge in [-0.2, -0.15) is 0 Å². The molecule has 4 nitrogen and oxygen atoms in total. The molecule has 0 spiro atoms. The molecule has 25 heavy (non-hydrogen) atoms. The fraction of sp³-hybridized carbons (Fsp3) is 0.667. The van der Waals surface area contributed by atoms with Gasteiger partial charge in [0, 0.05) is 31.7 Å². The lowest BCUT2D eigenvalue weighted by Crippen LogP contribution is -2.25. The zero-order valence-corrected chi connectivity index (χ0v) is 15.1. The molecular formula is C21H30N2O2. The molecule has 2 unspecified atom stereocenters. The number of likely N-dealkylation sites (tertiary alicyclic amines) is 1. The molecule has 2 atom stereocenters. The standard InChI is InChI=1S/C21H30N2O2/c24-21(22-13-16-5-6-16)17-7-9-20(10-8-17)25-12-2-11-23-14-18-3-1-4-19(18)15-23/h7-10,16,18-19H,1-6,11-15H2,(H,22,24). The summed E-state index contributed by atoms with van der Waals surface area (Å²) in [6.07, 6.45) is 7.91. The molecule has 0 radical (unpaired) electrons. The molecule has 2 aliphatic carbocycles. The normalized spacial score (nSPS) is 25.8. The van der Waals surface area contributed by atoms with Gasteiger partial charge in [-0.25, -0.2) is 0 Å². The van der Waals surface area contributed by atoms with E-state index < -0.39 is 0 Å². The van der Waals surface area contributed by atoms with Gasteiger partial charge in [0.1, 0.15) is 5.75 Å². The van der Waals surface area contributed by atoms with E-state index in [9.17, 15) is 4.79 Å². The minimum atomic E-state index is 0.0260. The van der Waals surface area contributed by atoms with E-state index in [2.05, 4.69) is 10.2 Å². The van der Waals surface area contributed by atoms with E-state index in [0.717, 1.165) is 49.3 Å². The topological polar surface area (TPSA) is 41.6 Å². The summed E-state index contributed by atoms with van der Waals surface area (Å²) < 4.78 is 5.84. The molecule has 0 bridgehead atoms. The third kappa shape index (κ3) is 4.55. The van der Waals surface area contributed by atoms with E-state index in [1.807, 2.05) is 24.3 Å². The van der Waals surface area contributed by atoms with Crippen LogP contribution in [-0.4, -0.2) is 43.6 Å². The molecule has 4 rings (SSSR count). The Bertz CT molecular complexity index is 570. The number of nitrogens with zero attached hydrogens (tertiary/aromatic N) is 1. The van der Waals surface area contributed by atoms with Crippen molar-refractivity contribution in [3.63, 3.8) is 0 Å². The van der Waals surface area contributed by atoms with Gasteiger partial charge in [-0.3, -0.25) is 4.79 Å². The van der Waals surface area contributed by atoms with Crippen molar-refractivity contribution in [2.24, 2.45) is 17.8 Å². The van der Waals surface area contributed by atoms with E-state index in [-0.39, 0.29) is 5.91 Å². The third-order valence-corrected chi connectivity index (χ3v) is 6.05. The first-order chi connectivity index (χ1) is 12.3. The van der Waals surface area contributed by atoms with E-state index in [4.69, 9.17) is 4.74 Å². The summed E-state index contributed by atoms with van der Waals surface area (Å²) in [4.78, 5) is 14.6. The van der Waals surface area contributed by atoms with E-state index in [1.165, 1.54) is 45.2 Å². The second-order valence-corrected chi connectivity index (χ2v) is 8.09. The van der Waals surface area contributed by atoms with Gasteiger partial charge in [0.25, 0.3) is 5.91 Å². The Hall–Kier alpha value is -1.55. The Morgan fingerprint density at radius 2 is 1.80 bits per heavy atom. The van der Waals surface area contributed by atoms with Gasteiger partial charge >= 0.3 is 0 Å². The van der Waals surface area contributed by atoms with Crippen LogP contribution in [0.15, 0.2) is 24.3 Å². The minimum absolute atomic E-state index is 0.0260. The van der Waals surface area contributed by atoms with Crippen LogP contribution in [-0.2, 0) is 0 Å². The largest absolute Gasteiger partial charge is 0.494 e. The highest BCUT2D eigenvalue weighted by Gasteiger charge is 2.35. The van der Waals surface area contributed by atoms with Crippen molar-refractivity contribution in [1.29, 1.82) is 0 Å². The van der Waals surface area contributed by atoms with Crippen LogP contribution in [0.3, 0.4) is 0 Å². The Morgan fingerprint density at radius 1 is 1.08 bits per heavy atom. The molecule has 1 aliphatic heterocycles. The zero-order chi connectivity index (χ0) is 17.1. The fourth-order valence-electron chi connectivity index (χ4n) is 4.36. The summed E-state index contributed by atoms with van der Waals surface area (Å²) in [6.45, 7) is 5.31. The van der Waals surface area contributed by atoms with Gasteiger partial charge in [0.15, 0.2) is 0 Å². The first-order valence-electron chi connectivity index (χ1n) is 10.0.